The Morgan fingerprint density at radius 3 is 1.71 bits per heavy atom. The van der Waals surface area contributed by atoms with Crippen LogP contribution in [0.2, 0.25) is 0 Å². The summed E-state index contributed by atoms with van der Waals surface area (Å²) in [6.07, 6.45) is 10.2. The molecule has 0 saturated carbocycles. The fourth-order valence-electron chi connectivity index (χ4n) is 6.66. The number of benzene rings is 6. The molecule has 0 spiro atoms. The van der Waals surface area contributed by atoms with E-state index < -0.39 is 0 Å². The number of nitrogens with two attached hydrogens (primary N) is 1. The van der Waals surface area contributed by atoms with E-state index >= 15 is 0 Å². The van der Waals surface area contributed by atoms with Crippen LogP contribution in [-0.2, 0) is 6.42 Å². The van der Waals surface area contributed by atoms with Gasteiger partial charge in [0.1, 0.15) is 0 Å². The zero-order valence-electron chi connectivity index (χ0n) is 27.1. The quantitative estimate of drug-likeness (QED) is 0.170. The lowest BCUT2D eigenvalue weighted by molar-refractivity contribution is 1.18. The molecule has 8 rings (SSSR count). The molecule has 0 radical (unpaired) electrons. The van der Waals surface area contributed by atoms with E-state index in [2.05, 4.69) is 155 Å². The normalized spacial score (nSPS) is 11.7. The Hall–Kier alpha value is -6.45. The predicted octanol–water partition coefficient (Wildman–Crippen LogP) is 11.4. The van der Waals surface area contributed by atoms with Crippen LogP contribution in [0.5, 0.6) is 0 Å². The maximum atomic E-state index is 5.46. The molecule has 0 aliphatic carbocycles. The van der Waals surface area contributed by atoms with Crippen LogP contribution >= 0.6 is 0 Å². The number of rotatable bonds is 8. The molecule has 0 bridgehead atoms. The number of pyridine rings is 1. The highest BCUT2D eigenvalue weighted by molar-refractivity contribution is 6.11. The molecule has 3 nitrogen and oxygen atoms in total. The third kappa shape index (κ3) is 6.06. The third-order valence-electron chi connectivity index (χ3n) is 9.16. The smallest absolute Gasteiger partial charge is 0.0701 e. The van der Waals surface area contributed by atoms with Crippen LogP contribution in [-0.4, -0.2) is 9.55 Å². The molecular weight excluding hydrogens is 595 g/mol. The Bertz CT molecular complexity index is 2430. The van der Waals surface area contributed by atoms with E-state index in [9.17, 15) is 0 Å². The zero-order chi connectivity index (χ0) is 33.0. The van der Waals surface area contributed by atoms with Gasteiger partial charge in [0.2, 0.25) is 0 Å². The van der Waals surface area contributed by atoms with Gasteiger partial charge >= 0.3 is 0 Å². The van der Waals surface area contributed by atoms with Gasteiger partial charge in [-0.1, -0.05) is 133 Å². The molecule has 6 aromatic carbocycles. The Balaban J connectivity index is 1.26. The van der Waals surface area contributed by atoms with Gasteiger partial charge in [-0.2, -0.15) is 0 Å². The fraction of sp³-hybridized carbons (Fsp3) is 0.0217. The second-order valence-electron chi connectivity index (χ2n) is 12.2. The Morgan fingerprint density at radius 1 is 0.490 bits per heavy atom. The van der Waals surface area contributed by atoms with E-state index in [0.29, 0.717) is 0 Å². The van der Waals surface area contributed by atoms with E-state index in [0.717, 1.165) is 23.4 Å². The highest BCUT2D eigenvalue weighted by atomic mass is 15.0. The molecule has 0 fully saturated rings. The number of fused-ring (bicyclic) bond motifs is 3. The summed E-state index contributed by atoms with van der Waals surface area (Å²) in [5, 5.41) is 2.46. The molecule has 0 unspecified atom stereocenters. The van der Waals surface area contributed by atoms with Crippen molar-refractivity contribution in [1.82, 2.24) is 9.55 Å². The number of allylic oxidation sites excluding steroid dienone is 3. The largest absolute Gasteiger partial charge is 0.405 e. The summed E-state index contributed by atoms with van der Waals surface area (Å²) in [6, 6.07) is 56.8. The first-order valence-corrected chi connectivity index (χ1v) is 16.6. The molecule has 0 aliphatic heterocycles. The first-order chi connectivity index (χ1) is 24.2. The summed E-state index contributed by atoms with van der Waals surface area (Å²) in [7, 11) is 0. The van der Waals surface area contributed by atoms with Crippen molar-refractivity contribution in [2.45, 2.75) is 6.42 Å². The van der Waals surface area contributed by atoms with Crippen LogP contribution in [0.15, 0.2) is 188 Å². The van der Waals surface area contributed by atoms with Gasteiger partial charge in [0.05, 0.1) is 16.7 Å². The van der Waals surface area contributed by atoms with Crippen molar-refractivity contribution in [2.24, 2.45) is 5.73 Å². The molecular formula is C46H35N3. The van der Waals surface area contributed by atoms with Gasteiger partial charge in [0.25, 0.3) is 0 Å². The minimum absolute atomic E-state index is 0.865. The molecule has 8 aromatic rings. The van der Waals surface area contributed by atoms with E-state index in [1.807, 2.05) is 36.5 Å². The summed E-state index contributed by atoms with van der Waals surface area (Å²) in [4.78, 5) is 4.53. The molecule has 2 N–H and O–H groups in total. The Morgan fingerprint density at radius 2 is 1.06 bits per heavy atom. The molecule has 0 aliphatic rings. The molecule has 3 heteroatoms. The average Bonchev–Trinajstić information content (AvgIpc) is 3.50. The monoisotopic (exact) mass is 629 g/mol. The maximum Gasteiger partial charge on any atom is 0.0701 e. The van der Waals surface area contributed by atoms with Crippen molar-refractivity contribution in [1.29, 1.82) is 0 Å². The van der Waals surface area contributed by atoms with Crippen molar-refractivity contribution in [3.05, 3.63) is 194 Å². The summed E-state index contributed by atoms with van der Waals surface area (Å²) in [5.41, 5.74) is 19.4. The predicted molar refractivity (Wildman–Crippen MR) is 206 cm³/mol. The highest BCUT2D eigenvalue weighted by Crippen LogP contribution is 2.38. The molecule has 2 aromatic heterocycles. The van der Waals surface area contributed by atoms with Crippen molar-refractivity contribution in [3.63, 3.8) is 0 Å². The Labute approximate surface area is 287 Å². The number of aromatic nitrogens is 2. The van der Waals surface area contributed by atoms with Crippen molar-refractivity contribution in [3.8, 4) is 50.3 Å². The topological polar surface area (TPSA) is 43.8 Å². The third-order valence-corrected chi connectivity index (χ3v) is 9.16. The average molecular weight is 630 g/mol. The van der Waals surface area contributed by atoms with Gasteiger partial charge < -0.3 is 10.3 Å². The van der Waals surface area contributed by atoms with Crippen LogP contribution in [0.1, 0.15) is 5.56 Å². The fourth-order valence-corrected chi connectivity index (χ4v) is 6.66. The van der Waals surface area contributed by atoms with Crippen LogP contribution in [0.25, 0.3) is 72.1 Å². The standard InChI is InChI=1S/C46H35N3/c47-28-7-2-3-10-33-16-18-35(19-17-33)39-24-26-42-43-27-25-40(36-20-22-37(23-21-36)44-15-6-8-29-48-44)32-46(43)49(45(42)31-39)41-14-9-13-38(30-41)34-11-4-1-5-12-34/h1-9,11-32H,10,47H2/b3-2-,28-7-. The van der Waals surface area contributed by atoms with Crippen LogP contribution in [0, 0.1) is 0 Å². The first-order valence-electron chi connectivity index (χ1n) is 16.6. The molecule has 49 heavy (non-hydrogen) atoms. The number of nitrogens with zero attached hydrogens (tertiary/aromatic N) is 2. The summed E-state index contributed by atoms with van der Waals surface area (Å²) in [5.74, 6) is 0. The van der Waals surface area contributed by atoms with Crippen LogP contribution in [0.3, 0.4) is 0 Å². The molecule has 2 heterocycles. The Kier molecular flexibility index (Phi) is 8.15. The first kappa shape index (κ1) is 29.9. The summed E-state index contributed by atoms with van der Waals surface area (Å²) < 4.78 is 2.43. The number of hydrogen-bond acceptors (Lipinski definition) is 2. The summed E-state index contributed by atoms with van der Waals surface area (Å²) in [6.45, 7) is 0. The highest BCUT2D eigenvalue weighted by Gasteiger charge is 2.16. The van der Waals surface area contributed by atoms with Crippen molar-refractivity contribution >= 4 is 21.8 Å². The lowest BCUT2D eigenvalue weighted by Gasteiger charge is -2.12. The molecule has 0 saturated heterocycles. The second-order valence-corrected chi connectivity index (χ2v) is 12.2. The van der Waals surface area contributed by atoms with E-state index in [4.69, 9.17) is 5.73 Å². The van der Waals surface area contributed by atoms with Gasteiger partial charge in [0, 0.05) is 28.2 Å². The van der Waals surface area contributed by atoms with Crippen molar-refractivity contribution in [2.75, 3.05) is 0 Å². The molecule has 0 atom stereocenters. The lowest BCUT2D eigenvalue weighted by atomic mass is 10.00. The van der Waals surface area contributed by atoms with Crippen molar-refractivity contribution < 1.29 is 0 Å². The maximum absolute atomic E-state index is 5.46. The number of hydrogen-bond donors (Lipinski definition) is 1. The van der Waals surface area contributed by atoms with Gasteiger partial charge in [-0.05, 0) is 94.0 Å². The second kappa shape index (κ2) is 13.3. The summed E-state index contributed by atoms with van der Waals surface area (Å²) >= 11 is 0. The minimum Gasteiger partial charge on any atom is -0.405 e. The van der Waals surface area contributed by atoms with Gasteiger partial charge in [-0.15, -0.1) is 0 Å². The van der Waals surface area contributed by atoms with Gasteiger partial charge in [-0.25, -0.2) is 0 Å². The molecule has 0 amide bonds. The van der Waals surface area contributed by atoms with Gasteiger partial charge in [0.15, 0.2) is 0 Å². The van der Waals surface area contributed by atoms with E-state index in [-0.39, 0.29) is 0 Å². The zero-order valence-corrected chi connectivity index (χ0v) is 27.1. The van der Waals surface area contributed by atoms with Crippen LogP contribution in [0.4, 0.5) is 0 Å². The minimum atomic E-state index is 0.865. The lowest BCUT2D eigenvalue weighted by Crippen LogP contribution is -1.95. The SMILES string of the molecule is N/C=C\C=C/Cc1ccc(-c2ccc3c4ccc(-c5ccc(-c6ccccn6)cc5)cc4n(-c4cccc(-c5ccccc5)c4)c3c2)cc1. The van der Waals surface area contributed by atoms with E-state index in [1.165, 1.54) is 60.8 Å². The van der Waals surface area contributed by atoms with Crippen LogP contribution < -0.4 is 5.73 Å². The van der Waals surface area contributed by atoms with E-state index in [1.54, 1.807) is 6.20 Å². The van der Waals surface area contributed by atoms with Gasteiger partial charge in [-0.3, -0.25) is 4.98 Å². The molecule has 234 valence electrons.